The van der Waals surface area contributed by atoms with Crippen molar-refractivity contribution in [2.75, 3.05) is 19.6 Å². The number of carbonyl (C=O) groups is 2. The monoisotopic (exact) mass is 511 g/mol. The Bertz CT molecular complexity index is 1050. The summed E-state index contributed by atoms with van der Waals surface area (Å²) in [6.07, 6.45) is -4.01. The number of aryl methyl sites for hydroxylation is 1. The van der Waals surface area contributed by atoms with Crippen molar-refractivity contribution in [3.05, 3.63) is 63.4 Å². The number of halogens is 4. The van der Waals surface area contributed by atoms with Crippen LogP contribution >= 0.6 is 15.9 Å². The summed E-state index contributed by atoms with van der Waals surface area (Å²) in [7, 11) is 0. The highest BCUT2D eigenvalue weighted by Gasteiger charge is 2.47. The van der Waals surface area contributed by atoms with Crippen LogP contribution < -0.4 is 0 Å². The molecular formula is C22H21BrF3N3O3. The number of hydrogen-bond acceptors (Lipinski definition) is 4. The van der Waals surface area contributed by atoms with Crippen molar-refractivity contribution in [3.8, 4) is 0 Å². The van der Waals surface area contributed by atoms with Gasteiger partial charge in [0.2, 0.25) is 0 Å². The van der Waals surface area contributed by atoms with Crippen LogP contribution in [0.3, 0.4) is 0 Å². The second-order valence-corrected chi connectivity index (χ2v) is 9.07. The average molecular weight is 512 g/mol. The number of alkyl halides is 3. The summed E-state index contributed by atoms with van der Waals surface area (Å²) in [5.74, 6) is -0.367. The van der Waals surface area contributed by atoms with Gasteiger partial charge in [0, 0.05) is 36.9 Å². The number of amides is 2. The molecule has 0 N–H and O–H groups in total. The molecule has 170 valence electrons. The van der Waals surface area contributed by atoms with Gasteiger partial charge in [-0.25, -0.2) is 9.78 Å². The molecule has 0 atom stereocenters. The smallest absolute Gasteiger partial charge is 0.433 e. The van der Waals surface area contributed by atoms with Crippen LogP contribution in [0.15, 0.2) is 40.9 Å². The number of piperidine rings is 1. The van der Waals surface area contributed by atoms with E-state index in [1.165, 1.54) is 13.0 Å². The number of nitrogens with zero attached hydrogens (tertiary/aromatic N) is 3. The predicted octanol–water partition coefficient (Wildman–Crippen LogP) is 4.80. The maximum atomic E-state index is 12.9. The lowest BCUT2D eigenvalue weighted by atomic mass is 9.91. The molecule has 0 aliphatic carbocycles. The van der Waals surface area contributed by atoms with Crippen molar-refractivity contribution in [2.24, 2.45) is 0 Å². The van der Waals surface area contributed by atoms with E-state index in [0.29, 0.717) is 39.0 Å². The molecule has 2 aliphatic rings. The fourth-order valence-electron chi connectivity index (χ4n) is 4.16. The lowest BCUT2D eigenvalue weighted by Gasteiger charge is -2.37. The predicted molar refractivity (Wildman–Crippen MR) is 113 cm³/mol. The molecule has 0 saturated carbocycles. The maximum absolute atomic E-state index is 12.9. The topological polar surface area (TPSA) is 62.7 Å². The molecule has 32 heavy (non-hydrogen) atoms. The summed E-state index contributed by atoms with van der Waals surface area (Å²) in [6.45, 7) is 2.95. The molecule has 2 saturated heterocycles. The SMILES string of the molecule is Cc1nc(C(F)(F)F)ccc1C(=O)N1CCC2(CC1)CN(Cc1cccc(Br)c1)C(=O)O2. The number of hydrogen-bond donors (Lipinski definition) is 0. The van der Waals surface area contributed by atoms with E-state index in [-0.39, 0.29) is 23.3 Å². The number of benzene rings is 1. The first kappa shape index (κ1) is 22.6. The van der Waals surface area contributed by atoms with Crippen molar-refractivity contribution >= 4 is 27.9 Å². The number of aromatic nitrogens is 1. The Morgan fingerprint density at radius 1 is 1.22 bits per heavy atom. The molecule has 4 rings (SSSR count). The fraction of sp³-hybridized carbons (Fsp3) is 0.409. The Morgan fingerprint density at radius 3 is 2.56 bits per heavy atom. The molecule has 0 unspecified atom stereocenters. The molecule has 2 amide bonds. The fourth-order valence-corrected chi connectivity index (χ4v) is 4.61. The van der Waals surface area contributed by atoms with E-state index < -0.39 is 17.5 Å². The van der Waals surface area contributed by atoms with Crippen molar-refractivity contribution in [1.29, 1.82) is 0 Å². The second kappa shape index (κ2) is 8.38. The third-order valence-corrected chi connectivity index (χ3v) is 6.37. The number of pyridine rings is 1. The Hall–Kier alpha value is -2.62. The Labute approximate surface area is 191 Å². The lowest BCUT2D eigenvalue weighted by Crippen LogP contribution is -2.48. The summed E-state index contributed by atoms with van der Waals surface area (Å²) >= 11 is 3.42. The molecule has 2 aliphatic heterocycles. The molecule has 6 nitrogen and oxygen atoms in total. The Balaban J connectivity index is 1.39. The third kappa shape index (κ3) is 4.60. The van der Waals surface area contributed by atoms with E-state index in [0.717, 1.165) is 16.1 Å². The maximum Gasteiger partial charge on any atom is 0.433 e. The standard InChI is InChI=1S/C22H21BrF3N3O3/c1-14-17(5-6-18(27-14)22(24,25)26)19(30)28-9-7-21(8-10-28)13-29(20(31)32-21)12-15-3-2-4-16(23)11-15/h2-6,11H,7-10,12-13H2,1H3. The summed E-state index contributed by atoms with van der Waals surface area (Å²) in [6, 6.07) is 9.69. The van der Waals surface area contributed by atoms with Crippen LogP contribution in [0, 0.1) is 6.92 Å². The lowest BCUT2D eigenvalue weighted by molar-refractivity contribution is -0.141. The van der Waals surface area contributed by atoms with Gasteiger partial charge in [-0.1, -0.05) is 28.1 Å². The highest BCUT2D eigenvalue weighted by Crippen LogP contribution is 2.35. The van der Waals surface area contributed by atoms with Gasteiger partial charge in [-0.3, -0.25) is 9.69 Å². The first-order valence-electron chi connectivity index (χ1n) is 10.1. The minimum absolute atomic E-state index is 0.0394. The van der Waals surface area contributed by atoms with Crippen LogP contribution in [-0.2, 0) is 17.5 Å². The molecule has 3 heterocycles. The van der Waals surface area contributed by atoms with E-state index in [1.807, 2.05) is 24.3 Å². The highest BCUT2D eigenvalue weighted by molar-refractivity contribution is 9.10. The molecular weight excluding hydrogens is 491 g/mol. The molecule has 1 aromatic heterocycles. The first-order chi connectivity index (χ1) is 15.1. The van der Waals surface area contributed by atoms with Crippen molar-refractivity contribution < 1.29 is 27.5 Å². The van der Waals surface area contributed by atoms with Gasteiger partial charge in [0.25, 0.3) is 5.91 Å². The van der Waals surface area contributed by atoms with Gasteiger partial charge < -0.3 is 9.64 Å². The van der Waals surface area contributed by atoms with Crippen LogP contribution in [0.25, 0.3) is 0 Å². The molecule has 1 aromatic carbocycles. The minimum atomic E-state index is -4.56. The van der Waals surface area contributed by atoms with Crippen LogP contribution in [0.2, 0.25) is 0 Å². The zero-order chi connectivity index (χ0) is 23.1. The van der Waals surface area contributed by atoms with Crippen molar-refractivity contribution in [3.63, 3.8) is 0 Å². The summed E-state index contributed by atoms with van der Waals surface area (Å²) < 4.78 is 45.2. The molecule has 0 radical (unpaired) electrons. The van der Waals surface area contributed by atoms with Crippen LogP contribution in [0.5, 0.6) is 0 Å². The normalized spacial score (nSPS) is 18.2. The van der Waals surface area contributed by atoms with Crippen LogP contribution in [-0.4, -0.2) is 52.0 Å². The zero-order valence-corrected chi connectivity index (χ0v) is 18.9. The Kier molecular flexibility index (Phi) is 5.91. The molecule has 0 bridgehead atoms. The third-order valence-electron chi connectivity index (χ3n) is 5.87. The second-order valence-electron chi connectivity index (χ2n) is 8.16. The van der Waals surface area contributed by atoms with E-state index in [1.54, 1.807) is 9.80 Å². The van der Waals surface area contributed by atoms with Gasteiger partial charge in [0.15, 0.2) is 0 Å². The summed E-state index contributed by atoms with van der Waals surface area (Å²) in [4.78, 5) is 32.1. The van der Waals surface area contributed by atoms with Gasteiger partial charge in [-0.05, 0) is 36.8 Å². The minimum Gasteiger partial charge on any atom is -0.441 e. The molecule has 1 spiro atoms. The van der Waals surface area contributed by atoms with Crippen molar-refractivity contribution in [2.45, 2.75) is 38.1 Å². The molecule has 10 heteroatoms. The van der Waals surface area contributed by atoms with Gasteiger partial charge in [0.1, 0.15) is 11.3 Å². The zero-order valence-electron chi connectivity index (χ0n) is 17.3. The number of carbonyl (C=O) groups excluding carboxylic acids is 2. The first-order valence-corrected chi connectivity index (χ1v) is 10.9. The van der Waals surface area contributed by atoms with Gasteiger partial charge in [0.05, 0.1) is 17.8 Å². The van der Waals surface area contributed by atoms with Crippen LogP contribution in [0.4, 0.5) is 18.0 Å². The Morgan fingerprint density at radius 2 is 1.94 bits per heavy atom. The van der Waals surface area contributed by atoms with E-state index in [4.69, 9.17) is 4.74 Å². The molecule has 2 fully saturated rings. The molecule has 2 aromatic rings. The van der Waals surface area contributed by atoms with E-state index in [9.17, 15) is 22.8 Å². The highest BCUT2D eigenvalue weighted by atomic mass is 79.9. The van der Waals surface area contributed by atoms with E-state index >= 15 is 0 Å². The number of likely N-dealkylation sites (tertiary alicyclic amines) is 1. The summed E-state index contributed by atoms with van der Waals surface area (Å²) in [5, 5.41) is 0. The van der Waals surface area contributed by atoms with Crippen molar-refractivity contribution in [1.82, 2.24) is 14.8 Å². The van der Waals surface area contributed by atoms with Gasteiger partial charge in [-0.2, -0.15) is 13.2 Å². The van der Waals surface area contributed by atoms with E-state index in [2.05, 4.69) is 20.9 Å². The quantitative estimate of drug-likeness (QED) is 0.593. The van der Waals surface area contributed by atoms with Crippen LogP contribution in [0.1, 0.15) is 40.2 Å². The number of ether oxygens (including phenoxy) is 1. The van der Waals surface area contributed by atoms with Gasteiger partial charge >= 0.3 is 12.3 Å². The summed E-state index contributed by atoms with van der Waals surface area (Å²) in [5.41, 5.74) is -0.516. The largest absolute Gasteiger partial charge is 0.441 e. The van der Waals surface area contributed by atoms with Gasteiger partial charge in [-0.15, -0.1) is 0 Å². The average Bonchev–Trinajstić information content (AvgIpc) is 3.02. The number of rotatable bonds is 3.